The Morgan fingerprint density at radius 1 is 1.32 bits per heavy atom. The summed E-state index contributed by atoms with van der Waals surface area (Å²) in [6.07, 6.45) is 0. The summed E-state index contributed by atoms with van der Waals surface area (Å²) in [4.78, 5) is 8.33. The van der Waals surface area contributed by atoms with Gasteiger partial charge in [0.1, 0.15) is 23.2 Å². The molecule has 0 atom stereocenters. The Labute approximate surface area is 118 Å². The topological polar surface area (TPSA) is 73.1 Å². The van der Waals surface area contributed by atoms with Crippen LogP contribution in [0.5, 0.6) is 11.6 Å². The fourth-order valence-electron chi connectivity index (χ4n) is 1.50. The van der Waals surface area contributed by atoms with Gasteiger partial charge >= 0.3 is 0 Å². The van der Waals surface area contributed by atoms with E-state index in [1.165, 1.54) is 18.2 Å². The third kappa shape index (κ3) is 2.99. The minimum Gasteiger partial charge on any atom is -0.437 e. The maximum Gasteiger partial charge on any atom is 0.227 e. The van der Waals surface area contributed by atoms with Gasteiger partial charge in [-0.15, -0.1) is 0 Å². The van der Waals surface area contributed by atoms with Crippen LogP contribution in [0.2, 0.25) is 0 Å². The maximum atomic E-state index is 13.0. The standard InChI is InChI=1S/C12H12BrFN4O/c1-6-11(18-15)16-7(2)17-12(6)19-10-4-3-8(14)5-9(10)13/h3-5H,15H2,1-2H3,(H,16,17,18). The zero-order valence-electron chi connectivity index (χ0n) is 10.4. The molecule has 1 aromatic carbocycles. The lowest BCUT2D eigenvalue weighted by Crippen LogP contribution is -2.12. The van der Waals surface area contributed by atoms with E-state index in [2.05, 4.69) is 31.3 Å². The van der Waals surface area contributed by atoms with Crippen molar-refractivity contribution in [3.63, 3.8) is 0 Å². The summed E-state index contributed by atoms with van der Waals surface area (Å²) in [7, 11) is 0. The lowest BCUT2D eigenvalue weighted by molar-refractivity contribution is 0.451. The number of anilines is 1. The van der Waals surface area contributed by atoms with Crippen LogP contribution in [-0.4, -0.2) is 9.97 Å². The van der Waals surface area contributed by atoms with Gasteiger partial charge in [0.05, 0.1) is 10.0 Å². The van der Waals surface area contributed by atoms with Gasteiger partial charge in [0.25, 0.3) is 0 Å². The number of aromatic nitrogens is 2. The van der Waals surface area contributed by atoms with Crippen LogP contribution in [0.1, 0.15) is 11.4 Å². The average Bonchev–Trinajstić information content (AvgIpc) is 2.36. The third-order valence-electron chi connectivity index (χ3n) is 2.45. The van der Waals surface area contributed by atoms with Crippen LogP contribution < -0.4 is 16.0 Å². The summed E-state index contributed by atoms with van der Waals surface area (Å²) in [6.45, 7) is 3.51. The van der Waals surface area contributed by atoms with E-state index >= 15 is 0 Å². The smallest absolute Gasteiger partial charge is 0.227 e. The molecule has 1 aromatic heterocycles. The lowest BCUT2D eigenvalue weighted by atomic mass is 10.3. The molecule has 0 aliphatic rings. The first-order chi connectivity index (χ1) is 9.01. The molecule has 0 aliphatic heterocycles. The average molecular weight is 327 g/mol. The minimum absolute atomic E-state index is 0.348. The molecule has 0 amide bonds. The molecule has 0 saturated heterocycles. The van der Waals surface area contributed by atoms with Gasteiger partial charge in [-0.2, -0.15) is 4.98 Å². The number of nitrogens with zero attached hydrogens (tertiary/aromatic N) is 2. The van der Waals surface area contributed by atoms with Crippen molar-refractivity contribution < 1.29 is 9.13 Å². The number of rotatable bonds is 3. The number of hydrogen-bond donors (Lipinski definition) is 2. The van der Waals surface area contributed by atoms with E-state index < -0.39 is 0 Å². The van der Waals surface area contributed by atoms with Crippen LogP contribution in [0.4, 0.5) is 10.2 Å². The quantitative estimate of drug-likeness (QED) is 0.669. The summed E-state index contributed by atoms with van der Waals surface area (Å²) < 4.78 is 19.2. The fraction of sp³-hybridized carbons (Fsp3) is 0.167. The number of nitrogens with two attached hydrogens (primary N) is 1. The van der Waals surface area contributed by atoms with Crippen molar-refractivity contribution in [2.24, 2.45) is 5.84 Å². The van der Waals surface area contributed by atoms with Crippen molar-refractivity contribution in [2.45, 2.75) is 13.8 Å². The molecule has 1 heterocycles. The molecule has 7 heteroatoms. The molecular formula is C12H12BrFN4O. The summed E-state index contributed by atoms with van der Waals surface area (Å²) in [5.74, 6) is 6.87. The highest BCUT2D eigenvalue weighted by molar-refractivity contribution is 9.10. The van der Waals surface area contributed by atoms with E-state index in [1.54, 1.807) is 13.8 Å². The summed E-state index contributed by atoms with van der Waals surface area (Å²) >= 11 is 3.23. The Morgan fingerprint density at radius 3 is 2.68 bits per heavy atom. The summed E-state index contributed by atoms with van der Waals surface area (Å²) in [6, 6.07) is 4.15. The largest absolute Gasteiger partial charge is 0.437 e. The number of hydrogen-bond acceptors (Lipinski definition) is 5. The van der Waals surface area contributed by atoms with Gasteiger partial charge in [-0.3, -0.25) is 0 Å². The molecular weight excluding hydrogens is 315 g/mol. The lowest BCUT2D eigenvalue weighted by Gasteiger charge is -2.12. The zero-order chi connectivity index (χ0) is 14.0. The second kappa shape index (κ2) is 5.50. The van der Waals surface area contributed by atoms with Crippen molar-refractivity contribution in [2.75, 3.05) is 5.43 Å². The monoisotopic (exact) mass is 326 g/mol. The zero-order valence-corrected chi connectivity index (χ0v) is 12.0. The molecule has 3 N–H and O–H groups in total. The first-order valence-corrected chi connectivity index (χ1v) is 6.25. The van der Waals surface area contributed by atoms with E-state index in [9.17, 15) is 4.39 Å². The van der Waals surface area contributed by atoms with E-state index in [0.717, 1.165) is 0 Å². The molecule has 0 unspecified atom stereocenters. The molecule has 0 saturated carbocycles. The number of halogens is 2. The minimum atomic E-state index is -0.348. The predicted octanol–water partition coefficient (Wildman–Crippen LogP) is 3.07. The molecule has 19 heavy (non-hydrogen) atoms. The molecule has 2 rings (SSSR count). The first-order valence-electron chi connectivity index (χ1n) is 5.46. The van der Waals surface area contributed by atoms with Gasteiger partial charge in [-0.05, 0) is 48.0 Å². The molecule has 0 aliphatic carbocycles. The molecule has 0 fully saturated rings. The van der Waals surface area contributed by atoms with Crippen molar-refractivity contribution >= 4 is 21.7 Å². The van der Waals surface area contributed by atoms with E-state index in [0.29, 0.717) is 33.3 Å². The number of benzene rings is 1. The molecule has 100 valence electrons. The van der Waals surface area contributed by atoms with E-state index in [-0.39, 0.29) is 5.82 Å². The van der Waals surface area contributed by atoms with Gasteiger partial charge in [-0.25, -0.2) is 15.2 Å². The number of hydrazine groups is 1. The first kappa shape index (κ1) is 13.7. The Morgan fingerprint density at radius 2 is 2.05 bits per heavy atom. The SMILES string of the molecule is Cc1nc(NN)c(C)c(Oc2ccc(F)cc2Br)n1. The van der Waals surface area contributed by atoms with Crippen LogP contribution in [0.15, 0.2) is 22.7 Å². The summed E-state index contributed by atoms with van der Waals surface area (Å²) in [5, 5.41) is 0. The van der Waals surface area contributed by atoms with Crippen LogP contribution >= 0.6 is 15.9 Å². The highest BCUT2D eigenvalue weighted by Crippen LogP contribution is 2.32. The van der Waals surface area contributed by atoms with Crippen molar-refractivity contribution in [3.8, 4) is 11.6 Å². The van der Waals surface area contributed by atoms with Crippen molar-refractivity contribution in [3.05, 3.63) is 39.9 Å². The van der Waals surface area contributed by atoms with E-state index in [1.807, 2.05) is 0 Å². The molecule has 0 bridgehead atoms. The van der Waals surface area contributed by atoms with Gasteiger partial charge in [0.2, 0.25) is 5.88 Å². The van der Waals surface area contributed by atoms with Crippen molar-refractivity contribution in [1.29, 1.82) is 0 Å². The van der Waals surface area contributed by atoms with Crippen LogP contribution in [0, 0.1) is 19.7 Å². The molecule has 0 radical (unpaired) electrons. The van der Waals surface area contributed by atoms with Gasteiger partial charge in [0, 0.05) is 0 Å². The molecule has 0 spiro atoms. The maximum absolute atomic E-state index is 13.0. The van der Waals surface area contributed by atoms with Crippen LogP contribution in [-0.2, 0) is 0 Å². The Kier molecular flexibility index (Phi) is 3.96. The highest BCUT2D eigenvalue weighted by atomic mass is 79.9. The number of aryl methyl sites for hydroxylation is 1. The number of nitrogens with one attached hydrogen (secondary N) is 1. The van der Waals surface area contributed by atoms with Crippen molar-refractivity contribution in [1.82, 2.24) is 9.97 Å². The molecule has 2 aromatic rings. The number of nitrogen functional groups attached to an aromatic ring is 1. The van der Waals surface area contributed by atoms with Crippen LogP contribution in [0.3, 0.4) is 0 Å². The van der Waals surface area contributed by atoms with Gasteiger partial charge in [0.15, 0.2) is 0 Å². The second-order valence-electron chi connectivity index (χ2n) is 3.87. The molecule has 5 nitrogen and oxygen atoms in total. The van der Waals surface area contributed by atoms with Crippen LogP contribution in [0.25, 0.3) is 0 Å². The fourth-order valence-corrected chi connectivity index (χ4v) is 1.94. The summed E-state index contributed by atoms with van der Waals surface area (Å²) in [5.41, 5.74) is 3.15. The predicted molar refractivity (Wildman–Crippen MR) is 73.5 cm³/mol. The Balaban J connectivity index is 2.40. The second-order valence-corrected chi connectivity index (χ2v) is 4.73. The number of ether oxygens (including phenoxy) is 1. The Hall–Kier alpha value is -1.73. The third-order valence-corrected chi connectivity index (χ3v) is 3.07. The normalized spacial score (nSPS) is 10.4. The highest BCUT2D eigenvalue weighted by Gasteiger charge is 2.12. The Bertz CT molecular complexity index is 621. The van der Waals surface area contributed by atoms with Gasteiger partial charge < -0.3 is 10.2 Å². The van der Waals surface area contributed by atoms with Gasteiger partial charge in [-0.1, -0.05) is 0 Å². The van der Waals surface area contributed by atoms with E-state index in [4.69, 9.17) is 10.6 Å².